The maximum Gasteiger partial charge on any atom is 0.257 e. The number of hydrogen-bond donors (Lipinski definition) is 0. The Labute approximate surface area is 145 Å². The maximum absolute atomic E-state index is 13.1. The number of pyridine rings is 1. The van der Waals surface area contributed by atoms with Gasteiger partial charge in [-0.2, -0.15) is 5.10 Å². The van der Waals surface area contributed by atoms with Gasteiger partial charge in [0, 0.05) is 23.7 Å². The van der Waals surface area contributed by atoms with Crippen LogP contribution in [0.2, 0.25) is 0 Å². The van der Waals surface area contributed by atoms with Crippen molar-refractivity contribution >= 4 is 22.8 Å². The standard InChI is InChI=1S/C19H21N3OS/c23-19(17-14-20-22-12-4-2-8-18(17)22)21-11-3-1-6-15(21)9-10-16-7-5-13-24-16/h2,4-5,7-8,12-15H,1,3,6,9-11H2. The van der Waals surface area contributed by atoms with Crippen LogP contribution in [0, 0.1) is 0 Å². The molecule has 0 spiro atoms. The van der Waals surface area contributed by atoms with E-state index in [0.717, 1.165) is 43.3 Å². The van der Waals surface area contributed by atoms with Crippen molar-refractivity contribution in [3.63, 3.8) is 0 Å². The molecule has 0 N–H and O–H groups in total. The van der Waals surface area contributed by atoms with Crippen LogP contribution in [0.5, 0.6) is 0 Å². The van der Waals surface area contributed by atoms with Crippen LogP contribution in [0.15, 0.2) is 48.1 Å². The molecule has 5 heteroatoms. The van der Waals surface area contributed by atoms with Crippen LogP contribution < -0.4 is 0 Å². The van der Waals surface area contributed by atoms with Crippen LogP contribution in [0.25, 0.3) is 5.52 Å². The second-order valence-electron chi connectivity index (χ2n) is 6.35. The Morgan fingerprint density at radius 1 is 1.25 bits per heavy atom. The van der Waals surface area contributed by atoms with Gasteiger partial charge in [0.25, 0.3) is 5.91 Å². The van der Waals surface area contributed by atoms with Crippen molar-refractivity contribution in [3.05, 3.63) is 58.5 Å². The molecule has 3 aromatic heterocycles. The van der Waals surface area contributed by atoms with Gasteiger partial charge in [-0.25, -0.2) is 4.52 Å². The fourth-order valence-electron chi connectivity index (χ4n) is 3.59. The van der Waals surface area contributed by atoms with Crippen molar-refractivity contribution in [1.29, 1.82) is 0 Å². The number of aromatic nitrogens is 2. The molecule has 1 fully saturated rings. The average molecular weight is 339 g/mol. The van der Waals surface area contributed by atoms with Crippen LogP contribution in [0.1, 0.15) is 40.9 Å². The first-order valence-electron chi connectivity index (χ1n) is 8.58. The quantitative estimate of drug-likeness (QED) is 0.720. The molecule has 0 radical (unpaired) electrons. The van der Waals surface area contributed by atoms with Crippen LogP contribution in [0.3, 0.4) is 0 Å². The number of rotatable bonds is 4. The van der Waals surface area contributed by atoms with Crippen LogP contribution in [-0.2, 0) is 6.42 Å². The van der Waals surface area contributed by atoms with Crippen molar-refractivity contribution in [2.75, 3.05) is 6.54 Å². The Hall–Kier alpha value is -2.14. The summed E-state index contributed by atoms with van der Waals surface area (Å²) in [6.07, 6.45) is 9.12. The molecule has 24 heavy (non-hydrogen) atoms. The third-order valence-electron chi connectivity index (χ3n) is 4.85. The molecule has 1 amide bonds. The third kappa shape index (κ3) is 2.96. The number of likely N-dealkylation sites (tertiary alicyclic amines) is 1. The van der Waals surface area contributed by atoms with Crippen molar-refractivity contribution in [2.24, 2.45) is 0 Å². The van der Waals surface area contributed by atoms with Gasteiger partial charge >= 0.3 is 0 Å². The van der Waals surface area contributed by atoms with E-state index in [2.05, 4.69) is 27.5 Å². The highest BCUT2D eigenvalue weighted by Crippen LogP contribution is 2.25. The SMILES string of the molecule is O=C(c1cnn2ccccc12)N1CCCCC1CCc1cccs1. The molecule has 1 atom stereocenters. The van der Waals surface area contributed by atoms with E-state index in [4.69, 9.17) is 0 Å². The minimum atomic E-state index is 0.132. The van der Waals surface area contributed by atoms with Crippen molar-refractivity contribution in [2.45, 2.75) is 38.1 Å². The first kappa shape index (κ1) is 15.4. The van der Waals surface area contributed by atoms with Gasteiger partial charge in [-0.3, -0.25) is 4.79 Å². The van der Waals surface area contributed by atoms with Gasteiger partial charge in [0.05, 0.1) is 17.3 Å². The number of fused-ring (bicyclic) bond motifs is 1. The zero-order chi connectivity index (χ0) is 16.4. The van der Waals surface area contributed by atoms with Crippen molar-refractivity contribution < 1.29 is 4.79 Å². The fraction of sp³-hybridized carbons (Fsp3) is 0.368. The Kier molecular flexibility index (Phi) is 4.34. The zero-order valence-corrected chi connectivity index (χ0v) is 14.4. The van der Waals surface area contributed by atoms with E-state index in [1.807, 2.05) is 24.4 Å². The maximum atomic E-state index is 13.1. The van der Waals surface area contributed by atoms with Gasteiger partial charge in [-0.15, -0.1) is 11.3 Å². The monoisotopic (exact) mass is 339 g/mol. The van der Waals surface area contributed by atoms with E-state index in [1.165, 1.54) is 11.3 Å². The zero-order valence-electron chi connectivity index (χ0n) is 13.6. The number of aryl methyl sites for hydroxylation is 1. The molecule has 0 aromatic carbocycles. The molecule has 0 saturated carbocycles. The molecule has 0 bridgehead atoms. The summed E-state index contributed by atoms with van der Waals surface area (Å²) in [6, 6.07) is 10.5. The first-order valence-corrected chi connectivity index (χ1v) is 9.46. The topological polar surface area (TPSA) is 37.6 Å². The lowest BCUT2D eigenvalue weighted by atomic mass is 9.96. The molecule has 1 aliphatic rings. The van der Waals surface area contributed by atoms with Gasteiger partial charge in [0.15, 0.2) is 0 Å². The summed E-state index contributed by atoms with van der Waals surface area (Å²) in [5.41, 5.74) is 1.61. The average Bonchev–Trinajstić information content (AvgIpc) is 3.29. The van der Waals surface area contributed by atoms with E-state index in [9.17, 15) is 4.79 Å². The van der Waals surface area contributed by atoms with Crippen LogP contribution in [-0.4, -0.2) is 33.0 Å². The second kappa shape index (κ2) is 6.77. The Morgan fingerprint density at radius 2 is 2.21 bits per heavy atom. The Balaban J connectivity index is 1.54. The lowest BCUT2D eigenvalue weighted by Gasteiger charge is -2.35. The lowest BCUT2D eigenvalue weighted by molar-refractivity contribution is 0.0604. The minimum Gasteiger partial charge on any atom is -0.336 e. The van der Waals surface area contributed by atoms with Gasteiger partial charge in [0.2, 0.25) is 0 Å². The van der Waals surface area contributed by atoms with E-state index in [1.54, 1.807) is 22.0 Å². The van der Waals surface area contributed by atoms with Gasteiger partial charge in [-0.05, 0) is 55.7 Å². The van der Waals surface area contributed by atoms with E-state index >= 15 is 0 Å². The number of nitrogens with zero attached hydrogens (tertiary/aromatic N) is 3. The number of thiophene rings is 1. The van der Waals surface area contributed by atoms with Gasteiger partial charge in [-0.1, -0.05) is 12.1 Å². The lowest BCUT2D eigenvalue weighted by Crippen LogP contribution is -2.43. The number of carbonyl (C=O) groups excluding carboxylic acids is 1. The highest BCUT2D eigenvalue weighted by molar-refractivity contribution is 7.09. The predicted molar refractivity (Wildman–Crippen MR) is 96.5 cm³/mol. The molecule has 1 aliphatic heterocycles. The molecule has 124 valence electrons. The van der Waals surface area contributed by atoms with Crippen LogP contribution >= 0.6 is 11.3 Å². The molecule has 4 nitrogen and oxygen atoms in total. The summed E-state index contributed by atoms with van der Waals surface area (Å²) in [6.45, 7) is 0.859. The molecule has 1 unspecified atom stereocenters. The Morgan fingerprint density at radius 3 is 3.08 bits per heavy atom. The van der Waals surface area contributed by atoms with E-state index in [0.29, 0.717) is 6.04 Å². The smallest absolute Gasteiger partial charge is 0.257 e. The summed E-state index contributed by atoms with van der Waals surface area (Å²) < 4.78 is 1.78. The second-order valence-corrected chi connectivity index (χ2v) is 7.39. The highest BCUT2D eigenvalue weighted by atomic mass is 32.1. The summed E-state index contributed by atoms with van der Waals surface area (Å²) >= 11 is 1.80. The summed E-state index contributed by atoms with van der Waals surface area (Å²) in [5, 5.41) is 6.44. The highest BCUT2D eigenvalue weighted by Gasteiger charge is 2.28. The predicted octanol–water partition coefficient (Wildman–Crippen LogP) is 4.02. The van der Waals surface area contributed by atoms with E-state index < -0.39 is 0 Å². The van der Waals surface area contributed by atoms with Crippen molar-refractivity contribution in [1.82, 2.24) is 14.5 Å². The first-order chi connectivity index (χ1) is 11.8. The fourth-order valence-corrected chi connectivity index (χ4v) is 4.31. The summed E-state index contributed by atoms with van der Waals surface area (Å²) in [7, 11) is 0. The Bertz CT molecular complexity index is 824. The molecule has 1 saturated heterocycles. The molecular formula is C19H21N3OS. The number of amides is 1. The van der Waals surface area contributed by atoms with Crippen LogP contribution in [0.4, 0.5) is 0 Å². The summed E-state index contributed by atoms with van der Waals surface area (Å²) in [4.78, 5) is 16.6. The molecular weight excluding hydrogens is 318 g/mol. The van der Waals surface area contributed by atoms with E-state index in [-0.39, 0.29) is 5.91 Å². The van der Waals surface area contributed by atoms with Crippen molar-refractivity contribution in [3.8, 4) is 0 Å². The third-order valence-corrected chi connectivity index (χ3v) is 5.79. The number of hydrogen-bond acceptors (Lipinski definition) is 3. The van der Waals surface area contributed by atoms with Gasteiger partial charge in [0.1, 0.15) is 0 Å². The molecule has 4 rings (SSSR count). The van der Waals surface area contributed by atoms with Gasteiger partial charge < -0.3 is 4.90 Å². The molecule has 0 aliphatic carbocycles. The molecule has 3 aromatic rings. The molecule has 4 heterocycles. The summed E-state index contributed by atoms with van der Waals surface area (Å²) in [5.74, 6) is 0.132. The number of carbonyl (C=O) groups is 1. The minimum absolute atomic E-state index is 0.132. The normalized spacial score (nSPS) is 18.2. The number of piperidine rings is 1. The largest absolute Gasteiger partial charge is 0.336 e.